The van der Waals surface area contributed by atoms with E-state index >= 15 is 0 Å². The highest BCUT2D eigenvalue weighted by atomic mass is 19.4. The lowest BCUT2D eigenvalue weighted by Crippen LogP contribution is -2.32. The van der Waals surface area contributed by atoms with Gasteiger partial charge in [-0.05, 0) is 6.92 Å². The Kier molecular flexibility index (Phi) is 4.75. The second-order valence-electron chi connectivity index (χ2n) is 2.35. The van der Waals surface area contributed by atoms with Crippen molar-refractivity contribution in [3.63, 3.8) is 0 Å². The molecule has 0 saturated heterocycles. The zero-order valence-electron chi connectivity index (χ0n) is 8.01. The van der Waals surface area contributed by atoms with Crippen LogP contribution in [0.3, 0.4) is 0 Å². The third kappa shape index (κ3) is 5.66. The topological polar surface area (TPSA) is 67.8 Å². The first kappa shape index (κ1) is 13.4. The monoisotopic (exact) mass is 226 g/mol. The molecule has 0 saturated carbocycles. The molecule has 0 unspecified atom stereocenters. The van der Waals surface area contributed by atoms with E-state index in [1.54, 1.807) is 0 Å². The van der Waals surface area contributed by atoms with Crippen LogP contribution < -0.4 is 5.43 Å². The van der Waals surface area contributed by atoms with E-state index in [1.165, 1.54) is 6.92 Å². The Morgan fingerprint density at radius 3 is 2.27 bits per heavy atom. The maximum Gasteiger partial charge on any atom is 0.497 e. The molecule has 8 heteroatoms. The van der Waals surface area contributed by atoms with Gasteiger partial charge in [-0.25, -0.2) is 10.2 Å². The van der Waals surface area contributed by atoms with Crippen LogP contribution in [0.15, 0.2) is 5.10 Å². The summed E-state index contributed by atoms with van der Waals surface area (Å²) in [5, 5.41) is 2.63. The highest BCUT2D eigenvalue weighted by Gasteiger charge is 2.28. The van der Waals surface area contributed by atoms with Crippen molar-refractivity contribution < 1.29 is 27.5 Å². The zero-order chi connectivity index (χ0) is 12.1. The highest BCUT2D eigenvalue weighted by molar-refractivity contribution is 6.63. The Bertz CT molecular complexity index is 286. The quantitative estimate of drug-likeness (QED) is 0.250. The number of ketones is 1. The molecule has 0 bridgehead atoms. The summed E-state index contributed by atoms with van der Waals surface area (Å²) >= 11 is 0. The fraction of sp³-hybridized carbons (Fsp3) is 0.571. The number of alkyl halides is 3. The molecule has 15 heavy (non-hydrogen) atoms. The van der Waals surface area contributed by atoms with E-state index in [1.807, 2.05) is 0 Å². The Balaban J connectivity index is 4.67. The lowest BCUT2D eigenvalue weighted by atomic mass is 10.3. The third-order valence-electron chi connectivity index (χ3n) is 1.10. The van der Waals surface area contributed by atoms with Crippen molar-refractivity contribution in [2.45, 2.75) is 20.1 Å². The number of ether oxygens (including phenoxy) is 1. The number of carbonyl (C=O) groups is 2. The number of hydrogen-bond donors (Lipinski definition) is 1. The number of Topliss-reactive ketones (excluding diaryl/α,β-unsaturated/α-hetero) is 1. The van der Waals surface area contributed by atoms with E-state index in [4.69, 9.17) is 0 Å². The third-order valence-corrected chi connectivity index (χ3v) is 1.10. The summed E-state index contributed by atoms with van der Waals surface area (Å²) in [6.07, 6.45) is -4.80. The minimum atomic E-state index is -4.80. The van der Waals surface area contributed by atoms with Crippen LogP contribution in [0.5, 0.6) is 0 Å². The van der Waals surface area contributed by atoms with Crippen LogP contribution in [0, 0.1) is 0 Å². The van der Waals surface area contributed by atoms with Gasteiger partial charge in [0.25, 0.3) is 0 Å². The molecule has 0 aliphatic heterocycles. The smallest absolute Gasteiger partial charge is 0.461 e. The fourth-order valence-corrected chi connectivity index (χ4v) is 0.587. The molecular formula is C7H9F3N2O3. The number of halogens is 3. The maximum absolute atomic E-state index is 11.6. The predicted octanol–water partition coefficient (Wildman–Crippen LogP) is 0.604. The molecule has 0 aromatic rings. The first-order chi connectivity index (χ1) is 6.78. The predicted molar refractivity (Wildman–Crippen MR) is 43.9 cm³/mol. The second kappa shape index (κ2) is 5.32. The number of hydrazone groups is 1. The van der Waals surface area contributed by atoms with Gasteiger partial charge >= 0.3 is 12.3 Å². The molecule has 0 aliphatic rings. The molecule has 0 heterocycles. The molecule has 5 nitrogen and oxygen atoms in total. The van der Waals surface area contributed by atoms with Crippen LogP contribution in [0.2, 0.25) is 0 Å². The standard InChI is InChI=1S/C7H9F3N2O3/c1-3-15-6(14)5(4(2)13)11-12-7(8,9)10/h12H,3H2,1-2H3. The molecule has 0 aromatic carbocycles. The van der Waals surface area contributed by atoms with Crippen molar-refractivity contribution in [3.05, 3.63) is 0 Å². The van der Waals surface area contributed by atoms with Gasteiger partial charge in [-0.1, -0.05) is 0 Å². The molecule has 86 valence electrons. The number of esters is 1. The maximum atomic E-state index is 11.6. The van der Waals surface area contributed by atoms with E-state index in [0.717, 1.165) is 6.92 Å². The van der Waals surface area contributed by atoms with E-state index in [0.29, 0.717) is 5.43 Å². The summed E-state index contributed by atoms with van der Waals surface area (Å²) in [5.74, 6) is -2.10. The molecule has 0 radical (unpaired) electrons. The van der Waals surface area contributed by atoms with Crippen molar-refractivity contribution in [2.24, 2.45) is 5.10 Å². The summed E-state index contributed by atoms with van der Waals surface area (Å²) in [4.78, 5) is 21.7. The van der Waals surface area contributed by atoms with Crippen molar-refractivity contribution >= 4 is 17.5 Å². The van der Waals surface area contributed by atoms with Gasteiger partial charge in [0.15, 0.2) is 5.78 Å². The number of hydrogen-bond acceptors (Lipinski definition) is 5. The Morgan fingerprint density at radius 1 is 1.40 bits per heavy atom. The van der Waals surface area contributed by atoms with Gasteiger partial charge < -0.3 is 4.74 Å². The van der Waals surface area contributed by atoms with Crippen LogP contribution in [0.1, 0.15) is 13.8 Å². The minimum Gasteiger partial charge on any atom is -0.461 e. The van der Waals surface area contributed by atoms with Crippen molar-refractivity contribution in [1.82, 2.24) is 5.43 Å². The number of rotatable bonds is 4. The van der Waals surface area contributed by atoms with Gasteiger partial charge in [0.2, 0.25) is 5.71 Å². The van der Waals surface area contributed by atoms with Crippen LogP contribution in [0.4, 0.5) is 13.2 Å². The van der Waals surface area contributed by atoms with Crippen molar-refractivity contribution in [1.29, 1.82) is 0 Å². The summed E-state index contributed by atoms with van der Waals surface area (Å²) in [7, 11) is 0. The summed E-state index contributed by atoms with van der Waals surface area (Å²) in [5.41, 5.74) is -0.213. The molecule has 0 rings (SSSR count). The molecule has 0 spiro atoms. The van der Waals surface area contributed by atoms with Gasteiger partial charge in [-0.15, -0.1) is 13.2 Å². The Labute approximate surface area is 83.3 Å². The minimum absolute atomic E-state index is 0.0584. The Hall–Kier alpha value is -1.60. The van der Waals surface area contributed by atoms with Crippen LogP contribution in [-0.2, 0) is 14.3 Å². The second-order valence-corrected chi connectivity index (χ2v) is 2.35. The van der Waals surface area contributed by atoms with E-state index in [-0.39, 0.29) is 6.61 Å². The highest BCUT2D eigenvalue weighted by Crippen LogP contribution is 2.09. The van der Waals surface area contributed by atoms with Crippen LogP contribution >= 0.6 is 0 Å². The fourth-order valence-electron chi connectivity index (χ4n) is 0.587. The molecular weight excluding hydrogens is 217 g/mol. The lowest BCUT2D eigenvalue weighted by molar-refractivity contribution is -0.156. The van der Waals surface area contributed by atoms with Gasteiger partial charge in [-0.2, -0.15) is 5.10 Å². The number of nitrogens with zero attached hydrogens (tertiary/aromatic N) is 1. The van der Waals surface area contributed by atoms with E-state index in [9.17, 15) is 22.8 Å². The summed E-state index contributed by atoms with van der Waals surface area (Å²) in [6.45, 7) is 2.30. The van der Waals surface area contributed by atoms with Gasteiger partial charge in [0.05, 0.1) is 6.61 Å². The van der Waals surface area contributed by atoms with Crippen LogP contribution in [-0.4, -0.2) is 30.4 Å². The van der Waals surface area contributed by atoms with Gasteiger partial charge in [0.1, 0.15) is 0 Å². The van der Waals surface area contributed by atoms with Crippen molar-refractivity contribution in [2.75, 3.05) is 6.61 Å². The number of nitrogens with one attached hydrogen (secondary N) is 1. The van der Waals surface area contributed by atoms with Crippen molar-refractivity contribution in [3.8, 4) is 0 Å². The zero-order valence-corrected chi connectivity index (χ0v) is 8.01. The molecule has 0 fully saturated rings. The lowest BCUT2D eigenvalue weighted by Gasteiger charge is -2.06. The van der Waals surface area contributed by atoms with E-state index in [2.05, 4.69) is 9.84 Å². The largest absolute Gasteiger partial charge is 0.497 e. The molecule has 0 amide bonds. The first-order valence-electron chi connectivity index (χ1n) is 3.87. The summed E-state index contributed by atoms with van der Waals surface area (Å²) < 4.78 is 39.3. The van der Waals surface area contributed by atoms with Gasteiger partial charge in [0, 0.05) is 6.92 Å². The molecule has 0 aromatic heterocycles. The van der Waals surface area contributed by atoms with Crippen LogP contribution in [0.25, 0.3) is 0 Å². The SMILES string of the molecule is CCOC(=O)C(=NNC(F)(F)F)C(C)=O. The normalized spacial score (nSPS) is 12.2. The summed E-state index contributed by atoms with van der Waals surface area (Å²) in [6, 6.07) is 0. The van der Waals surface area contributed by atoms with Gasteiger partial charge in [-0.3, -0.25) is 4.79 Å². The average molecular weight is 226 g/mol. The Morgan fingerprint density at radius 2 is 1.93 bits per heavy atom. The molecule has 0 aliphatic carbocycles. The average Bonchev–Trinajstić information content (AvgIpc) is 2.01. The first-order valence-corrected chi connectivity index (χ1v) is 3.87. The molecule has 0 atom stereocenters. The molecule has 1 N–H and O–H groups in total. The number of carbonyl (C=O) groups excluding carboxylic acids is 2. The van der Waals surface area contributed by atoms with E-state index < -0.39 is 23.8 Å².